The number of nitrogens with one attached hydrogen (secondary N) is 2. The van der Waals surface area contributed by atoms with Crippen molar-refractivity contribution in [3.63, 3.8) is 0 Å². The zero-order valence-electron chi connectivity index (χ0n) is 16.2. The molecule has 1 heterocycles. The second-order valence-electron chi connectivity index (χ2n) is 6.24. The van der Waals surface area contributed by atoms with E-state index in [1.54, 1.807) is 37.3 Å². The minimum absolute atomic E-state index is 0.120. The summed E-state index contributed by atoms with van der Waals surface area (Å²) < 4.78 is 4.92. The molecular formula is C20H24N4O4. The second-order valence-corrected chi connectivity index (χ2v) is 6.24. The van der Waals surface area contributed by atoms with Gasteiger partial charge in [-0.1, -0.05) is 0 Å². The van der Waals surface area contributed by atoms with Gasteiger partial charge in [-0.05, 0) is 57.4 Å². The summed E-state index contributed by atoms with van der Waals surface area (Å²) >= 11 is 0. The van der Waals surface area contributed by atoms with Crippen LogP contribution in [0.1, 0.15) is 38.1 Å². The number of esters is 1. The fourth-order valence-corrected chi connectivity index (χ4v) is 2.29. The summed E-state index contributed by atoms with van der Waals surface area (Å²) in [6.45, 7) is 3.24. The molecule has 8 heteroatoms. The normalized spacial score (nSPS) is 10.4. The summed E-state index contributed by atoms with van der Waals surface area (Å²) in [5, 5.41) is 5.48. The van der Waals surface area contributed by atoms with Crippen molar-refractivity contribution in [2.75, 3.05) is 39.1 Å². The molecule has 0 saturated heterocycles. The lowest BCUT2D eigenvalue weighted by molar-refractivity contribution is 0.0526. The maximum Gasteiger partial charge on any atom is 0.338 e. The zero-order chi connectivity index (χ0) is 20.5. The van der Waals surface area contributed by atoms with Crippen molar-refractivity contribution in [2.24, 2.45) is 0 Å². The van der Waals surface area contributed by atoms with Crippen LogP contribution < -0.4 is 10.6 Å². The molecular weight excluding hydrogens is 360 g/mol. The Morgan fingerprint density at radius 3 is 2.39 bits per heavy atom. The van der Waals surface area contributed by atoms with Crippen LogP contribution in [0, 0.1) is 0 Å². The predicted molar refractivity (Wildman–Crippen MR) is 105 cm³/mol. The Balaban J connectivity index is 2.00. The van der Waals surface area contributed by atoms with Gasteiger partial charge in [-0.2, -0.15) is 0 Å². The van der Waals surface area contributed by atoms with Gasteiger partial charge in [-0.25, -0.2) is 4.79 Å². The number of ether oxygens (including phenoxy) is 1. The SMILES string of the molecule is CCOC(=O)c1ccc(NC(=O)c2cc(C(=O)NCCN(C)C)ccn2)cc1. The van der Waals surface area contributed by atoms with E-state index in [-0.39, 0.29) is 11.6 Å². The smallest absolute Gasteiger partial charge is 0.338 e. The number of hydrogen-bond donors (Lipinski definition) is 2. The third-order valence-electron chi connectivity index (χ3n) is 3.75. The fourth-order valence-electron chi connectivity index (χ4n) is 2.29. The molecule has 0 aliphatic carbocycles. The molecule has 2 aromatic rings. The molecule has 0 unspecified atom stereocenters. The minimum atomic E-state index is -0.452. The molecule has 0 fully saturated rings. The van der Waals surface area contributed by atoms with Gasteiger partial charge in [0.05, 0.1) is 12.2 Å². The molecule has 28 heavy (non-hydrogen) atoms. The maximum atomic E-state index is 12.4. The van der Waals surface area contributed by atoms with Crippen molar-refractivity contribution in [3.8, 4) is 0 Å². The molecule has 0 bridgehead atoms. The van der Waals surface area contributed by atoms with Crippen LogP contribution in [0.15, 0.2) is 42.6 Å². The molecule has 148 valence electrons. The minimum Gasteiger partial charge on any atom is -0.462 e. The van der Waals surface area contributed by atoms with Crippen molar-refractivity contribution in [1.82, 2.24) is 15.2 Å². The first-order valence-electron chi connectivity index (χ1n) is 8.88. The lowest BCUT2D eigenvalue weighted by Crippen LogP contribution is -2.31. The van der Waals surface area contributed by atoms with Gasteiger partial charge in [0.2, 0.25) is 0 Å². The van der Waals surface area contributed by atoms with Gasteiger partial charge in [0.25, 0.3) is 11.8 Å². The number of likely N-dealkylation sites (N-methyl/N-ethyl adjacent to an activating group) is 1. The first-order valence-corrected chi connectivity index (χ1v) is 8.88. The number of pyridine rings is 1. The summed E-state index contributed by atoms with van der Waals surface area (Å²) in [6, 6.07) is 9.32. The molecule has 1 aromatic heterocycles. The van der Waals surface area contributed by atoms with E-state index in [9.17, 15) is 14.4 Å². The van der Waals surface area contributed by atoms with Crippen molar-refractivity contribution < 1.29 is 19.1 Å². The Hall–Kier alpha value is -3.26. The number of anilines is 1. The van der Waals surface area contributed by atoms with E-state index < -0.39 is 11.9 Å². The molecule has 0 atom stereocenters. The van der Waals surface area contributed by atoms with Crippen LogP contribution >= 0.6 is 0 Å². The van der Waals surface area contributed by atoms with Gasteiger partial charge in [-0.3, -0.25) is 14.6 Å². The van der Waals surface area contributed by atoms with E-state index in [2.05, 4.69) is 15.6 Å². The van der Waals surface area contributed by atoms with Crippen molar-refractivity contribution >= 4 is 23.5 Å². The Bertz CT molecular complexity index is 834. The van der Waals surface area contributed by atoms with Crippen LogP contribution in [0.4, 0.5) is 5.69 Å². The molecule has 2 N–H and O–H groups in total. The van der Waals surface area contributed by atoms with Crippen LogP contribution in [0.25, 0.3) is 0 Å². The zero-order valence-corrected chi connectivity index (χ0v) is 16.2. The lowest BCUT2D eigenvalue weighted by atomic mass is 10.2. The van der Waals surface area contributed by atoms with Gasteiger partial charge >= 0.3 is 5.97 Å². The molecule has 8 nitrogen and oxygen atoms in total. The summed E-state index contributed by atoms with van der Waals surface area (Å²) in [6.07, 6.45) is 1.42. The summed E-state index contributed by atoms with van der Waals surface area (Å²) in [4.78, 5) is 42.2. The van der Waals surface area contributed by atoms with Crippen molar-refractivity contribution in [1.29, 1.82) is 0 Å². The summed E-state index contributed by atoms with van der Waals surface area (Å²) in [5.74, 6) is -1.14. The Kier molecular flexibility index (Phi) is 7.65. The molecule has 0 aliphatic heterocycles. The average molecular weight is 384 g/mol. The number of hydrogen-bond acceptors (Lipinski definition) is 6. The summed E-state index contributed by atoms with van der Waals surface area (Å²) in [7, 11) is 3.83. The molecule has 0 radical (unpaired) electrons. The van der Waals surface area contributed by atoms with Gasteiger partial charge in [0.15, 0.2) is 0 Å². The van der Waals surface area contributed by atoms with Crippen molar-refractivity contribution in [3.05, 3.63) is 59.4 Å². The summed E-state index contributed by atoms with van der Waals surface area (Å²) in [5.41, 5.74) is 1.38. The van der Waals surface area contributed by atoms with Gasteiger partial charge in [-0.15, -0.1) is 0 Å². The van der Waals surface area contributed by atoms with Crippen LogP contribution in [0.2, 0.25) is 0 Å². The number of carbonyl (C=O) groups excluding carboxylic acids is 3. The maximum absolute atomic E-state index is 12.4. The highest BCUT2D eigenvalue weighted by Crippen LogP contribution is 2.12. The quantitative estimate of drug-likeness (QED) is 0.673. The van der Waals surface area contributed by atoms with E-state index in [4.69, 9.17) is 4.74 Å². The lowest BCUT2D eigenvalue weighted by Gasteiger charge is -2.11. The highest BCUT2D eigenvalue weighted by molar-refractivity contribution is 6.05. The van der Waals surface area contributed by atoms with Gasteiger partial charge in [0.1, 0.15) is 5.69 Å². The highest BCUT2D eigenvalue weighted by atomic mass is 16.5. The number of aromatic nitrogens is 1. The predicted octanol–water partition coefficient (Wildman–Crippen LogP) is 1.80. The second kappa shape index (κ2) is 10.2. The van der Waals surface area contributed by atoms with E-state index in [1.807, 2.05) is 19.0 Å². The number of nitrogens with zero attached hydrogens (tertiary/aromatic N) is 2. The average Bonchev–Trinajstić information content (AvgIpc) is 2.68. The van der Waals surface area contributed by atoms with Crippen molar-refractivity contribution in [2.45, 2.75) is 6.92 Å². The number of amides is 2. The molecule has 0 aliphatic rings. The standard InChI is InChI=1S/C20H24N4O4/c1-4-28-20(27)14-5-7-16(8-6-14)23-19(26)17-13-15(9-10-21-17)18(25)22-11-12-24(2)3/h5-10,13H,4,11-12H2,1-3H3,(H,22,25)(H,23,26). The third kappa shape index (κ3) is 6.17. The van der Waals surface area contributed by atoms with E-state index in [0.717, 1.165) is 0 Å². The van der Waals surface area contributed by atoms with Crippen LogP contribution in [0.5, 0.6) is 0 Å². The first kappa shape index (κ1) is 21.0. The third-order valence-corrected chi connectivity index (χ3v) is 3.75. The Morgan fingerprint density at radius 2 is 1.75 bits per heavy atom. The Labute approximate surface area is 163 Å². The van der Waals surface area contributed by atoms with Crippen LogP contribution in [0.3, 0.4) is 0 Å². The molecule has 2 rings (SSSR count). The number of carbonyl (C=O) groups is 3. The molecule has 2 amide bonds. The number of rotatable bonds is 8. The first-order chi connectivity index (χ1) is 13.4. The van der Waals surface area contributed by atoms with Gasteiger partial charge < -0.3 is 20.3 Å². The highest BCUT2D eigenvalue weighted by Gasteiger charge is 2.13. The van der Waals surface area contributed by atoms with Crippen LogP contribution in [-0.4, -0.2) is 61.5 Å². The molecule has 0 spiro atoms. The van der Waals surface area contributed by atoms with Crippen LogP contribution in [-0.2, 0) is 4.74 Å². The van der Waals surface area contributed by atoms with E-state index in [0.29, 0.717) is 36.5 Å². The van der Waals surface area contributed by atoms with E-state index in [1.165, 1.54) is 12.3 Å². The van der Waals surface area contributed by atoms with E-state index >= 15 is 0 Å². The van der Waals surface area contributed by atoms with Gasteiger partial charge in [0, 0.05) is 30.5 Å². The fraction of sp³-hybridized carbons (Fsp3) is 0.300. The monoisotopic (exact) mass is 384 g/mol. The number of benzene rings is 1. The molecule has 0 saturated carbocycles. The molecule has 1 aromatic carbocycles. The topological polar surface area (TPSA) is 101 Å². The Morgan fingerprint density at radius 1 is 1.04 bits per heavy atom. The largest absolute Gasteiger partial charge is 0.462 e.